The van der Waals surface area contributed by atoms with E-state index >= 15 is 0 Å². The largest absolute Gasteiger partial charge is 0.458 e. The van der Waals surface area contributed by atoms with Crippen LogP contribution in [-0.4, -0.2) is 36.0 Å². The molecule has 0 radical (unpaired) electrons. The molecule has 4 nitrogen and oxygen atoms in total. The van der Waals surface area contributed by atoms with Gasteiger partial charge >= 0.3 is 5.97 Å². The fraction of sp³-hybridized carbons (Fsp3) is 0.786. The van der Waals surface area contributed by atoms with Crippen molar-refractivity contribution in [2.75, 3.05) is 6.61 Å². The Labute approximate surface area is 108 Å². The van der Waals surface area contributed by atoms with Gasteiger partial charge in [0, 0.05) is 5.92 Å². The van der Waals surface area contributed by atoms with Crippen molar-refractivity contribution in [3.63, 3.8) is 0 Å². The molecule has 4 heteroatoms. The fourth-order valence-corrected chi connectivity index (χ4v) is 3.01. The molecule has 2 saturated heterocycles. The highest BCUT2D eigenvalue weighted by Crippen LogP contribution is 2.42. The van der Waals surface area contributed by atoms with Gasteiger partial charge in [0.25, 0.3) is 0 Å². The van der Waals surface area contributed by atoms with Gasteiger partial charge in [-0.05, 0) is 25.2 Å². The molecule has 0 saturated carbocycles. The number of aliphatic hydroxyl groups is 1. The zero-order valence-corrected chi connectivity index (χ0v) is 11.1. The summed E-state index contributed by atoms with van der Waals surface area (Å²) in [6.07, 6.45) is 3.61. The lowest BCUT2D eigenvalue weighted by Gasteiger charge is -2.31. The number of esters is 1. The predicted molar refractivity (Wildman–Crippen MR) is 66.9 cm³/mol. The fourth-order valence-electron chi connectivity index (χ4n) is 3.01. The molecule has 102 valence electrons. The van der Waals surface area contributed by atoms with Gasteiger partial charge in [0.05, 0.1) is 24.4 Å². The average Bonchev–Trinajstić information content (AvgIpc) is 2.96. The Kier molecular flexibility index (Phi) is 4.07. The standard InChI is InChI=1S/C14H22O4/c1-8(2)13(18-14(16)9(3)7-15)11-6-10-4-5-12(11)17-10/h8,10-13,15H,3-7H2,1-2H3. The summed E-state index contributed by atoms with van der Waals surface area (Å²) in [6, 6.07) is 0. The van der Waals surface area contributed by atoms with E-state index in [1.165, 1.54) is 0 Å². The number of fused-ring (bicyclic) bond motifs is 2. The highest BCUT2D eigenvalue weighted by molar-refractivity contribution is 5.88. The Bertz CT molecular complexity index is 337. The molecule has 0 amide bonds. The van der Waals surface area contributed by atoms with E-state index in [1.54, 1.807) is 0 Å². The molecule has 2 aliphatic heterocycles. The Balaban J connectivity index is 2.00. The van der Waals surface area contributed by atoms with Crippen LogP contribution >= 0.6 is 0 Å². The molecule has 2 rings (SSSR count). The van der Waals surface area contributed by atoms with Crippen molar-refractivity contribution in [2.24, 2.45) is 11.8 Å². The van der Waals surface area contributed by atoms with Crippen LogP contribution < -0.4 is 0 Å². The minimum Gasteiger partial charge on any atom is -0.458 e. The lowest BCUT2D eigenvalue weighted by Crippen LogP contribution is -2.37. The molecule has 4 atom stereocenters. The van der Waals surface area contributed by atoms with Crippen molar-refractivity contribution < 1.29 is 19.4 Å². The van der Waals surface area contributed by atoms with Gasteiger partial charge in [0.1, 0.15) is 6.10 Å². The van der Waals surface area contributed by atoms with Gasteiger partial charge in [-0.3, -0.25) is 0 Å². The van der Waals surface area contributed by atoms with Gasteiger partial charge < -0.3 is 14.6 Å². The van der Waals surface area contributed by atoms with E-state index < -0.39 is 5.97 Å². The summed E-state index contributed by atoms with van der Waals surface area (Å²) in [7, 11) is 0. The van der Waals surface area contributed by atoms with E-state index in [4.69, 9.17) is 14.6 Å². The maximum absolute atomic E-state index is 11.7. The average molecular weight is 254 g/mol. The molecular formula is C14H22O4. The molecule has 0 spiro atoms. The molecule has 4 unspecified atom stereocenters. The molecular weight excluding hydrogens is 232 g/mol. The Morgan fingerprint density at radius 1 is 1.50 bits per heavy atom. The van der Waals surface area contributed by atoms with E-state index in [0.29, 0.717) is 12.0 Å². The lowest BCUT2D eigenvalue weighted by atomic mass is 9.81. The van der Waals surface area contributed by atoms with Gasteiger partial charge in [0.2, 0.25) is 0 Å². The summed E-state index contributed by atoms with van der Waals surface area (Å²) < 4.78 is 11.3. The van der Waals surface area contributed by atoms with Crippen molar-refractivity contribution in [3.05, 3.63) is 12.2 Å². The molecule has 0 aromatic rings. The SMILES string of the molecule is C=C(CO)C(=O)OC(C(C)C)C1CC2CCC1O2. The molecule has 2 aliphatic rings. The number of hydrogen-bond acceptors (Lipinski definition) is 4. The summed E-state index contributed by atoms with van der Waals surface area (Å²) >= 11 is 0. The van der Waals surface area contributed by atoms with Crippen molar-refractivity contribution in [2.45, 2.75) is 51.4 Å². The van der Waals surface area contributed by atoms with E-state index in [9.17, 15) is 4.79 Å². The smallest absolute Gasteiger partial charge is 0.336 e. The molecule has 0 aromatic heterocycles. The third-order valence-corrected chi connectivity index (χ3v) is 3.95. The summed E-state index contributed by atoms with van der Waals surface area (Å²) in [6.45, 7) is 7.25. The van der Waals surface area contributed by atoms with Crippen LogP contribution in [0.1, 0.15) is 33.1 Å². The zero-order chi connectivity index (χ0) is 13.3. The van der Waals surface area contributed by atoms with Gasteiger partial charge in [-0.2, -0.15) is 0 Å². The second kappa shape index (κ2) is 5.41. The van der Waals surface area contributed by atoms with E-state index in [0.717, 1.165) is 19.3 Å². The maximum Gasteiger partial charge on any atom is 0.336 e. The van der Waals surface area contributed by atoms with Crippen LogP contribution in [0, 0.1) is 11.8 Å². The van der Waals surface area contributed by atoms with Crippen LogP contribution in [0.3, 0.4) is 0 Å². The van der Waals surface area contributed by atoms with Crippen LogP contribution in [0.15, 0.2) is 12.2 Å². The minimum absolute atomic E-state index is 0.115. The van der Waals surface area contributed by atoms with Gasteiger partial charge in [-0.25, -0.2) is 4.79 Å². The number of carbonyl (C=O) groups excluding carboxylic acids is 1. The molecule has 2 bridgehead atoms. The molecule has 18 heavy (non-hydrogen) atoms. The lowest BCUT2D eigenvalue weighted by molar-refractivity contribution is -0.151. The first-order valence-electron chi connectivity index (χ1n) is 6.68. The van der Waals surface area contributed by atoms with Gasteiger partial charge in [0.15, 0.2) is 0 Å². The first-order valence-corrected chi connectivity index (χ1v) is 6.68. The second-order valence-corrected chi connectivity index (χ2v) is 5.65. The quantitative estimate of drug-likeness (QED) is 0.599. The van der Waals surface area contributed by atoms with E-state index in [2.05, 4.69) is 6.58 Å². The van der Waals surface area contributed by atoms with Gasteiger partial charge in [-0.1, -0.05) is 20.4 Å². The number of hydrogen-bond donors (Lipinski definition) is 1. The van der Waals surface area contributed by atoms with Gasteiger partial charge in [-0.15, -0.1) is 0 Å². The number of rotatable bonds is 5. The Morgan fingerprint density at radius 3 is 2.67 bits per heavy atom. The molecule has 0 aromatic carbocycles. The van der Waals surface area contributed by atoms with Crippen molar-refractivity contribution in [1.29, 1.82) is 0 Å². The van der Waals surface area contributed by atoms with Crippen LogP contribution in [0.5, 0.6) is 0 Å². The number of aliphatic hydroxyl groups excluding tert-OH is 1. The van der Waals surface area contributed by atoms with Crippen molar-refractivity contribution in [1.82, 2.24) is 0 Å². The van der Waals surface area contributed by atoms with Crippen LogP contribution in [0.25, 0.3) is 0 Å². The van der Waals surface area contributed by atoms with E-state index in [-0.39, 0.29) is 30.3 Å². The summed E-state index contributed by atoms with van der Waals surface area (Å²) in [4.78, 5) is 11.7. The molecule has 0 aliphatic carbocycles. The normalized spacial score (nSPS) is 31.7. The topological polar surface area (TPSA) is 55.8 Å². The summed E-state index contributed by atoms with van der Waals surface area (Å²) in [5, 5.41) is 8.90. The first kappa shape index (κ1) is 13.6. The zero-order valence-electron chi connectivity index (χ0n) is 11.1. The van der Waals surface area contributed by atoms with Crippen LogP contribution in [0.4, 0.5) is 0 Å². The van der Waals surface area contributed by atoms with Crippen LogP contribution in [-0.2, 0) is 14.3 Å². The Hall–Kier alpha value is -0.870. The third kappa shape index (κ3) is 2.59. The Morgan fingerprint density at radius 2 is 2.22 bits per heavy atom. The second-order valence-electron chi connectivity index (χ2n) is 5.65. The highest BCUT2D eigenvalue weighted by atomic mass is 16.6. The summed E-state index contributed by atoms with van der Waals surface area (Å²) in [5.74, 6) is 0.0477. The number of carbonyl (C=O) groups is 1. The monoisotopic (exact) mass is 254 g/mol. The molecule has 1 N–H and O–H groups in total. The highest BCUT2D eigenvalue weighted by Gasteiger charge is 2.46. The van der Waals surface area contributed by atoms with E-state index in [1.807, 2.05) is 13.8 Å². The van der Waals surface area contributed by atoms with Crippen molar-refractivity contribution in [3.8, 4) is 0 Å². The molecule has 2 fully saturated rings. The maximum atomic E-state index is 11.7. The van der Waals surface area contributed by atoms with Crippen molar-refractivity contribution >= 4 is 5.97 Å². The first-order chi connectivity index (χ1) is 8.52. The third-order valence-electron chi connectivity index (χ3n) is 3.95. The van der Waals surface area contributed by atoms with Crippen LogP contribution in [0.2, 0.25) is 0 Å². The molecule has 2 heterocycles. The minimum atomic E-state index is -0.487. The predicted octanol–water partition coefficient (Wildman–Crippen LogP) is 1.67. The summed E-state index contributed by atoms with van der Waals surface area (Å²) in [5.41, 5.74) is 0.115. The number of ether oxygens (including phenoxy) is 2.